The summed E-state index contributed by atoms with van der Waals surface area (Å²) in [6, 6.07) is 9.36. The predicted molar refractivity (Wildman–Crippen MR) is 77.2 cm³/mol. The maximum Gasteiger partial charge on any atom is 0.262 e. The number of thioether (sulfide) groups is 1. The molecule has 2 rings (SSSR count). The van der Waals surface area contributed by atoms with E-state index in [0.29, 0.717) is 34.8 Å². The highest BCUT2D eigenvalue weighted by Crippen LogP contribution is 2.18. The van der Waals surface area contributed by atoms with Crippen LogP contribution in [0.25, 0.3) is 10.9 Å². The molecule has 0 atom stereocenters. The molecule has 1 aromatic heterocycles. The average molecular weight is 271 g/mol. The highest BCUT2D eigenvalue weighted by molar-refractivity contribution is 7.99. The van der Waals surface area contributed by atoms with Gasteiger partial charge in [0.1, 0.15) is 0 Å². The number of hydrogen-bond donors (Lipinski definition) is 0. The zero-order chi connectivity index (χ0) is 13.7. The van der Waals surface area contributed by atoms with Gasteiger partial charge in [-0.25, -0.2) is 4.98 Å². The van der Waals surface area contributed by atoms with Crippen LogP contribution in [0.2, 0.25) is 0 Å². The molecule has 0 aliphatic carbocycles. The molecule has 0 amide bonds. The number of fused-ring (bicyclic) bond motifs is 1. The molecule has 1 aromatic carbocycles. The minimum Gasteiger partial charge on any atom is -0.283 e. The zero-order valence-corrected chi connectivity index (χ0v) is 11.2. The Labute approximate surface area is 115 Å². The van der Waals surface area contributed by atoms with E-state index in [0.717, 1.165) is 0 Å². The van der Waals surface area contributed by atoms with E-state index in [-0.39, 0.29) is 5.56 Å². The standard InChI is InChI=1S/C14H13N3OS/c1-2-9-17-13(18)11-6-3-4-7-12(11)16-14(17)19-10-5-8-15/h2-4,6-7H,1,5,9-10H2. The lowest BCUT2D eigenvalue weighted by atomic mass is 10.2. The highest BCUT2D eigenvalue weighted by Gasteiger charge is 2.09. The lowest BCUT2D eigenvalue weighted by molar-refractivity contribution is 0.671. The summed E-state index contributed by atoms with van der Waals surface area (Å²) in [5, 5.41) is 9.82. The molecular formula is C14H13N3OS. The molecule has 0 spiro atoms. The van der Waals surface area contributed by atoms with Crippen molar-refractivity contribution in [2.75, 3.05) is 5.75 Å². The van der Waals surface area contributed by atoms with Crippen molar-refractivity contribution >= 4 is 22.7 Å². The summed E-state index contributed by atoms with van der Waals surface area (Å²) < 4.78 is 1.59. The normalized spacial score (nSPS) is 10.3. The van der Waals surface area contributed by atoms with Crippen LogP contribution < -0.4 is 5.56 Å². The van der Waals surface area contributed by atoms with Crippen LogP contribution in [0, 0.1) is 11.3 Å². The monoisotopic (exact) mass is 271 g/mol. The number of hydrogen-bond acceptors (Lipinski definition) is 4. The maximum absolute atomic E-state index is 12.4. The maximum atomic E-state index is 12.4. The topological polar surface area (TPSA) is 58.7 Å². The van der Waals surface area contributed by atoms with Crippen LogP contribution in [0.1, 0.15) is 6.42 Å². The van der Waals surface area contributed by atoms with Crippen LogP contribution in [0.5, 0.6) is 0 Å². The SMILES string of the molecule is C=CCn1c(SCCC#N)nc2ccccc2c1=O. The fourth-order valence-electron chi connectivity index (χ4n) is 1.74. The minimum absolute atomic E-state index is 0.0649. The number of rotatable bonds is 5. The van der Waals surface area contributed by atoms with Crippen molar-refractivity contribution in [3.8, 4) is 6.07 Å². The molecule has 0 unspecified atom stereocenters. The first-order valence-corrected chi connectivity index (χ1v) is 6.86. The van der Waals surface area contributed by atoms with Crippen LogP contribution >= 0.6 is 11.8 Å². The molecule has 0 saturated carbocycles. The quantitative estimate of drug-likeness (QED) is 0.363. The van der Waals surface area contributed by atoms with Crippen molar-refractivity contribution in [1.29, 1.82) is 5.26 Å². The van der Waals surface area contributed by atoms with E-state index in [1.165, 1.54) is 11.8 Å². The Morgan fingerprint density at radius 3 is 3.00 bits per heavy atom. The number of nitrogens with zero attached hydrogens (tertiary/aromatic N) is 3. The third kappa shape index (κ3) is 2.85. The van der Waals surface area contributed by atoms with Crippen molar-refractivity contribution in [2.45, 2.75) is 18.1 Å². The molecule has 0 saturated heterocycles. The van der Waals surface area contributed by atoms with E-state index in [2.05, 4.69) is 17.6 Å². The number of allylic oxidation sites excluding steroid dienone is 1. The van der Waals surface area contributed by atoms with Crippen LogP contribution in [-0.2, 0) is 6.54 Å². The summed E-state index contributed by atoms with van der Waals surface area (Å²) in [5.74, 6) is 0.623. The van der Waals surface area contributed by atoms with Gasteiger partial charge in [0.2, 0.25) is 0 Å². The minimum atomic E-state index is -0.0649. The molecule has 0 bridgehead atoms. The summed E-state index contributed by atoms with van der Waals surface area (Å²) in [5.41, 5.74) is 0.622. The summed E-state index contributed by atoms with van der Waals surface area (Å²) in [4.78, 5) is 16.9. The second-order valence-electron chi connectivity index (χ2n) is 3.87. The Morgan fingerprint density at radius 2 is 2.26 bits per heavy atom. The fourth-order valence-corrected chi connectivity index (χ4v) is 2.59. The second-order valence-corrected chi connectivity index (χ2v) is 4.93. The van der Waals surface area contributed by atoms with E-state index < -0.39 is 0 Å². The van der Waals surface area contributed by atoms with E-state index in [4.69, 9.17) is 5.26 Å². The first kappa shape index (κ1) is 13.4. The van der Waals surface area contributed by atoms with E-state index in [1.807, 2.05) is 18.2 Å². The van der Waals surface area contributed by atoms with E-state index in [1.54, 1.807) is 16.7 Å². The molecule has 5 heteroatoms. The van der Waals surface area contributed by atoms with Crippen molar-refractivity contribution in [1.82, 2.24) is 9.55 Å². The van der Waals surface area contributed by atoms with Gasteiger partial charge in [0.25, 0.3) is 5.56 Å². The molecule has 0 fully saturated rings. The van der Waals surface area contributed by atoms with Gasteiger partial charge < -0.3 is 0 Å². The Balaban J connectivity index is 2.53. The summed E-state index contributed by atoms with van der Waals surface area (Å²) in [6.45, 7) is 4.09. The Bertz CT molecular complexity index is 700. The van der Waals surface area contributed by atoms with Crippen LogP contribution in [0.15, 0.2) is 46.9 Å². The largest absolute Gasteiger partial charge is 0.283 e. The van der Waals surface area contributed by atoms with Crippen LogP contribution in [0.4, 0.5) is 0 Å². The predicted octanol–water partition coefficient (Wildman–Crippen LogP) is 2.59. The van der Waals surface area contributed by atoms with Gasteiger partial charge in [-0.05, 0) is 12.1 Å². The first-order valence-electron chi connectivity index (χ1n) is 5.88. The summed E-state index contributed by atoms with van der Waals surface area (Å²) >= 11 is 1.42. The molecule has 2 aromatic rings. The third-order valence-corrected chi connectivity index (χ3v) is 3.56. The van der Waals surface area contributed by atoms with E-state index >= 15 is 0 Å². The van der Waals surface area contributed by atoms with Crippen molar-refractivity contribution < 1.29 is 0 Å². The van der Waals surface area contributed by atoms with Gasteiger partial charge in [-0.3, -0.25) is 9.36 Å². The summed E-state index contributed by atoms with van der Waals surface area (Å²) in [7, 11) is 0. The molecule has 96 valence electrons. The van der Waals surface area contributed by atoms with Gasteiger partial charge in [0, 0.05) is 18.7 Å². The van der Waals surface area contributed by atoms with Crippen molar-refractivity contribution in [3.05, 3.63) is 47.3 Å². The average Bonchev–Trinajstić information content (AvgIpc) is 2.43. The lowest BCUT2D eigenvalue weighted by Gasteiger charge is -2.10. The van der Waals surface area contributed by atoms with Crippen molar-refractivity contribution in [3.63, 3.8) is 0 Å². The number of para-hydroxylation sites is 1. The Morgan fingerprint density at radius 1 is 1.47 bits per heavy atom. The van der Waals surface area contributed by atoms with Gasteiger partial charge in [0.15, 0.2) is 5.16 Å². The Hall–Kier alpha value is -2.06. The van der Waals surface area contributed by atoms with Gasteiger partial charge in [-0.15, -0.1) is 6.58 Å². The Kier molecular flexibility index (Phi) is 4.37. The molecule has 4 nitrogen and oxygen atoms in total. The molecule has 0 aliphatic rings. The second kappa shape index (κ2) is 6.21. The smallest absolute Gasteiger partial charge is 0.262 e. The molecular weight excluding hydrogens is 258 g/mol. The van der Waals surface area contributed by atoms with Gasteiger partial charge in [-0.1, -0.05) is 30.0 Å². The van der Waals surface area contributed by atoms with Crippen LogP contribution in [-0.4, -0.2) is 15.3 Å². The van der Waals surface area contributed by atoms with Crippen molar-refractivity contribution in [2.24, 2.45) is 0 Å². The highest BCUT2D eigenvalue weighted by atomic mass is 32.2. The summed E-state index contributed by atoms with van der Waals surface area (Å²) in [6.07, 6.45) is 2.10. The van der Waals surface area contributed by atoms with Gasteiger partial charge in [-0.2, -0.15) is 5.26 Å². The number of benzene rings is 1. The first-order chi connectivity index (χ1) is 9.27. The van der Waals surface area contributed by atoms with Gasteiger partial charge in [0.05, 0.1) is 17.0 Å². The third-order valence-electron chi connectivity index (χ3n) is 2.58. The van der Waals surface area contributed by atoms with E-state index in [9.17, 15) is 4.79 Å². The number of nitriles is 1. The molecule has 0 aliphatic heterocycles. The van der Waals surface area contributed by atoms with Gasteiger partial charge >= 0.3 is 0 Å². The zero-order valence-electron chi connectivity index (χ0n) is 10.4. The lowest BCUT2D eigenvalue weighted by Crippen LogP contribution is -2.22. The van der Waals surface area contributed by atoms with Crippen LogP contribution in [0.3, 0.4) is 0 Å². The molecule has 0 N–H and O–H groups in total. The number of aromatic nitrogens is 2. The molecule has 19 heavy (non-hydrogen) atoms. The fraction of sp³-hybridized carbons (Fsp3) is 0.214. The molecule has 0 radical (unpaired) electrons. The molecule has 1 heterocycles.